The van der Waals surface area contributed by atoms with Crippen molar-refractivity contribution in [3.63, 3.8) is 0 Å². The number of nitrogens with zero attached hydrogens (tertiary/aromatic N) is 1. The molecule has 1 aliphatic rings. The molecule has 0 bridgehead atoms. The molecule has 2 heterocycles. The fourth-order valence-electron chi connectivity index (χ4n) is 2.77. The largest absolute Gasteiger partial charge is 0.310 e. The Morgan fingerprint density at radius 3 is 2.67 bits per heavy atom. The Labute approximate surface area is 115 Å². The normalized spacial score (nSPS) is 20.2. The molecule has 1 aromatic rings. The molecule has 1 unspecified atom stereocenters. The number of nitrogens with one attached hydrogen (secondary N) is 1. The molecule has 2 nitrogen and oxygen atoms in total. The maximum atomic E-state index is 3.72. The van der Waals surface area contributed by atoms with Gasteiger partial charge in [-0.25, -0.2) is 0 Å². The maximum absolute atomic E-state index is 3.72. The van der Waals surface area contributed by atoms with Gasteiger partial charge in [0.2, 0.25) is 0 Å². The molecule has 0 saturated carbocycles. The first-order valence-corrected chi connectivity index (χ1v) is 8.12. The molecule has 0 radical (unpaired) electrons. The fraction of sp³-hybridized carbons (Fsp3) is 0.733. The highest BCUT2D eigenvalue weighted by Gasteiger charge is 2.22. The summed E-state index contributed by atoms with van der Waals surface area (Å²) in [6, 6.07) is 0.642. The quantitative estimate of drug-likeness (QED) is 0.880. The highest BCUT2D eigenvalue weighted by molar-refractivity contribution is 7.08. The van der Waals surface area contributed by atoms with Crippen LogP contribution < -0.4 is 5.32 Å². The molecule has 1 atom stereocenters. The lowest BCUT2D eigenvalue weighted by atomic mass is 9.90. The summed E-state index contributed by atoms with van der Waals surface area (Å²) in [4.78, 5) is 2.56. The summed E-state index contributed by atoms with van der Waals surface area (Å²) in [5.41, 5.74) is 2.90. The van der Waals surface area contributed by atoms with Crippen LogP contribution in [0.25, 0.3) is 0 Å². The van der Waals surface area contributed by atoms with Gasteiger partial charge in [0.25, 0.3) is 0 Å². The molecule has 1 saturated heterocycles. The summed E-state index contributed by atoms with van der Waals surface area (Å²) in [5, 5.41) is 8.23. The second-order valence-corrected chi connectivity index (χ2v) is 6.26. The molecular weight excluding hydrogens is 240 g/mol. The summed E-state index contributed by atoms with van der Waals surface area (Å²) in [6.07, 6.45) is 2.70. The molecule has 1 N–H and O–H groups in total. The third-order valence-corrected chi connectivity index (χ3v) is 5.27. The molecule has 1 aromatic heterocycles. The van der Waals surface area contributed by atoms with Gasteiger partial charge in [-0.2, -0.15) is 11.3 Å². The van der Waals surface area contributed by atoms with E-state index in [0.29, 0.717) is 6.04 Å². The topological polar surface area (TPSA) is 15.3 Å². The SMILES string of the molecule is CCN1CCC(C(C)NCc2cscc2C)CC1. The monoisotopic (exact) mass is 266 g/mol. The van der Waals surface area contributed by atoms with Crippen LogP contribution in [-0.2, 0) is 6.54 Å². The van der Waals surface area contributed by atoms with E-state index in [1.807, 2.05) is 11.3 Å². The minimum absolute atomic E-state index is 0.642. The lowest BCUT2D eigenvalue weighted by Crippen LogP contribution is -2.41. The predicted octanol–water partition coefficient (Wildman–Crippen LogP) is 3.27. The van der Waals surface area contributed by atoms with Gasteiger partial charge in [-0.1, -0.05) is 6.92 Å². The van der Waals surface area contributed by atoms with Crippen molar-refractivity contribution in [1.82, 2.24) is 10.2 Å². The average Bonchev–Trinajstić information content (AvgIpc) is 2.81. The van der Waals surface area contributed by atoms with E-state index in [1.54, 1.807) is 0 Å². The second-order valence-electron chi connectivity index (χ2n) is 5.52. The van der Waals surface area contributed by atoms with Gasteiger partial charge in [0.05, 0.1) is 0 Å². The van der Waals surface area contributed by atoms with Crippen molar-refractivity contribution < 1.29 is 0 Å². The van der Waals surface area contributed by atoms with E-state index in [2.05, 4.69) is 41.7 Å². The van der Waals surface area contributed by atoms with Gasteiger partial charge in [0, 0.05) is 12.6 Å². The van der Waals surface area contributed by atoms with Gasteiger partial charge >= 0.3 is 0 Å². The first kappa shape index (κ1) is 14.0. The summed E-state index contributed by atoms with van der Waals surface area (Å²) < 4.78 is 0. The van der Waals surface area contributed by atoms with Crippen molar-refractivity contribution in [3.05, 3.63) is 21.9 Å². The number of piperidine rings is 1. The van der Waals surface area contributed by atoms with Crippen LogP contribution in [0.5, 0.6) is 0 Å². The summed E-state index contributed by atoms with van der Waals surface area (Å²) >= 11 is 1.81. The number of hydrogen-bond donors (Lipinski definition) is 1. The van der Waals surface area contributed by atoms with E-state index in [1.165, 1.54) is 43.6 Å². The molecule has 2 rings (SSSR count). The zero-order valence-electron chi connectivity index (χ0n) is 11.9. The Kier molecular flexibility index (Phi) is 5.22. The van der Waals surface area contributed by atoms with Gasteiger partial charge in [-0.05, 0) is 74.1 Å². The van der Waals surface area contributed by atoms with Crippen LogP contribution in [0.2, 0.25) is 0 Å². The van der Waals surface area contributed by atoms with Crippen molar-refractivity contribution >= 4 is 11.3 Å². The molecule has 1 fully saturated rings. The van der Waals surface area contributed by atoms with Crippen molar-refractivity contribution in [2.45, 2.75) is 46.2 Å². The van der Waals surface area contributed by atoms with Crippen LogP contribution >= 0.6 is 11.3 Å². The van der Waals surface area contributed by atoms with Crippen LogP contribution in [0.4, 0.5) is 0 Å². The molecular formula is C15H26N2S. The minimum atomic E-state index is 0.642. The number of rotatable bonds is 5. The Morgan fingerprint density at radius 2 is 2.11 bits per heavy atom. The highest BCUT2D eigenvalue weighted by Crippen LogP contribution is 2.21. The first-order chi connectivity index (χ1) is 8.70. The summed E-state index contributed by atoms with van der Waals surface area (Å²) in [7, 11) is 0. The molecule has 1 aliphatic heterocycles. The van der Waals surface area contributed by atoms with Gasteiger partial charge in [-0.15, -0.1) is 0 Å². The van der Waals surface area contributed by atoms with Crippen molar-refractivity contribution in [2.24, 2.45) is 5.92 Å². The van der Waals surface area contributed by atoms with Crippen LogP contribution in [0.15, 0.2) is 10.8 Å². The van der Waals surface area contributed by atoms with Crippen LogP contribution in [0.1, 0.15) is 37.8 Å². The minimum Gasteiger partial charge on any atom is -0.310 e. The average molecular weight is 266 g/mol. The number of hydrogen-bond acceptors (Lipinski definition) is 3. The van der Waals surface area contributed by atoms with Crippen molar-refractivity contribution in [2.75, 3.05) is 19.6 Å². The lowest BCUT2D eigenvalue weighted by molar-refractivity contribution is 0.168. The summed E-state index contributed by atoms with van der Waals surface area (Å²) in [6.45, 7) is 11.6. The van der Waals surface area contributed by atoms with Crippen LogP contribution in [0.3, 0.4) is 0 Å². The smallest absolute Gasteiger partial charge is 0.0218 e. The first-order valence-electron chi connectivity index (χ1n) is 7.18. The molecule has 3 heteroatoms. The Hall–Kier alpha value is -0.380. The molecule has 0 spiro atoms. The molecule has 102 valence electrons. The molecule has 0 aliphatic carbocycles. The van der Waals surface area contributed by atoms with E-state index in [9.17, 15) is 0 Å². The molecule has 18 heavy (non-hydrogen) atoms. The Balaban J connectivity index is 1.75. The van der Waals surface area contributed by atoms with Crippen molar-refractivity contribution in [3.8, 4) is 0 Å². The molecule has 0 aromatic carbocycles. The predicted molar refractivity (Wildman–Crippen MR) is 80.2 cm³/mol. The van der Waals surface area contributed by atoms with Gasteiger partial charge in [-0.3, -0.25) is 0 Å². The van der Waals surface area contributed by atoms with Gasteiger partial charge < -0.3 is 10.2 Å². The highest BCUT2D eigenvalue weighted by atomic mass is 32.1. The van der Waals surface area contributed by atoms with Crippen molar-refractivity contribution in [1.29, 1.82) is 0 Å². The maximum Gasteiger partial charge on any atom is 0.0218 e. The fourth-order valence-corrected chi connectivity index (χ4v) is 3.63. The third-order valence-electron chi connectivity index (χ3n) is 4.36. The lowest BCUT2D eigenvalue weighted by Gasteiger charge is -2.34. The van der Waals surface area contributed by atoms with E-state index in [4.69, 9.17) is 0 Å². The standard InChI is InChI=1S/C15H26N2S/c1-4-17-7-5-14(6-8-17)13(3)16-9-15-11-18-10-12(15)2/h10-11,13-14,16H,4-9H2,1-3H3. The van der Waals surface area contributed by atoms with Gasteiger partial charge in [0.1, 0.15) is 0 Å². The van der Waals surface area contributed by atoms with E-state index in [0.717, 1.165) is 12.5 Å². The third kappa shape index (κ3) is 3.56. The zero-order valence-corrected chi connectivity index (χ0v) is 12.7. The number of aryl methyl sites for hydroxylation is 1. The van der Waals surface area contributed by atoms with Gasteiger partial charge in [0.15, 0.2) is 0 Å². The van der Waals surface area contributed by atoms with E-state index < -0.39 is 0 Å². The second kappa shape index (κ2) is 6.69. The zero-order chi connectivity index (χ0) is 13.0. The summed E-state index contributed by atoms with van der Waals surface area (Å²) in [5.74, 6) is 0.853. The Bertz CT molecular complexity index is 353. The van der Waals surface area contributed by atoms with E-state index >= 15 is 0 Å². The number of likely N-dealkylation sites (tertiary alicyclic amines) is 1. The van der Waals surface area contributed by atoms with Crippen LogP contribution in [-0.4, -0.2) is 30.6 Å². The van der Waals surface area contributed by atoms with E-state index in [-0.39, 0.29) is 0 Å². The van der Waals surface area contributed by atoms with Crippen LogP contribution in [0, 0.1) is 12.8 Å². The Morgan fingerprint density at radius 1 is 1.39 bits per heavy atom. The number of thiophene rings is 1. The molecule has 0 amide bonds.